The van der Waals surface area contributed by atoms with E-state index in [0.29, 0.717) is 24.7 Å². The van der Waals surface area contributed by atoms with Crippen LogP contribution in [0, 0.1) is 34.5 Å². The number of aliphatic hydroxyl groups excluding tert-OH is 1. The Labute approximate surface area is 243 Å². The lowest BCUT2D eigenvalue weighted by Gasteiger charge is -2.63. The molecule has 2 N–H and O–H groups in total. The summed E-state index contributed by atoms with van der Waals surface area (Å²) in [7, 11) is 1.62. The zero-order valence-electron chi connectivity index (χ0n) is 25.2. The normalized spacial score (nSPS) is 51.2. The fraction of sp³-hybridized carbons (Fsp3) is 0.875. The van der Waals surface area contributed by atoms with Crippen LogP contribution in [0.25, 0.3) is 0 Å². The Morgan fingerprint density at radius 3 is 2.54 bits per heavy atom. The molecule has 4 aliphatic carbocycles. The molecular weight excluding hydrogens is 528 g/mol. The average molecular weight is 577 g/mol. The van der Waals surface area contributed by atoms with Gasteiger partial charge in [0, 0.05) is 44.3 Å². The molecule has 9 heteroatoms. The summed E-state index contributed by atoms with van der Waals surface area (Å²) in [5.74, 6) is 0.0175. The van der Waals surface area contributed by atoms with E-state index in [4.69, 9.17) is 23.7 Å². The van der Waals surface area contributed by atoms with Gasteiger partial charge >= 0.3 is 11.9 Å². The monoisotopic (exact) mass is 576 g/mol. The summed E-state index contributed by atoms with van der Waals surface area (Å²) < 4.78 is 29.1. The number of methoxy groups -OCH3 is 1. The van der Waals surface area contributed by atoms with Crippen LogP contribution in [-0.4, -0.2) is 78.3 Å². The van der Waals surface area contributed by atoms with Gasteiger partial charge in [-0.3, -0.25) is 4.79 Å². The van der Waals surface area contributed by atoms with Gasteiger partial charge in [0.25, 0.3) is 0 Å². The summed E-state index contributed by atoms with van der Waals surface area (Å²) in [6, 6.07) is 0. The van der Waals surface area contributed by atoms with Crippen molar-refractivity contribution in [3.8, 4) is 0 Å². The van der Waals surface area contributed by atoms with Crippen molar-refractivity contribution in [2.75, 3.05) is 13.7 Å². The van der Waals surface area contributed by atoms with E-state index in [2.05, 4.69) is 13.8 Å². The lowest BCUT2D eigenvalue weighted by Crippen LogP contribution is -2.62. The van der Waals surface area contributed by atoms with Crippen molar-refractivity contribution >= 4 is 11.9 Å². The van der Waals surface area contributed by atoms with E-state index in [1.54, 1.807) is 13.2 Å². The van der Waals surface area contributed by atoms with Gasteiger partial charge in [-0.05, 0) is 80.6 Å². The number of fused-ring (bicyclic) bond motifs is 5. The zero-order chi connectivity index (χ0) is 29.3. The number of aliphatic hydroxyl groups is 2. The van der Waals surface area contributed by atoms with Crippen molar-refractivity contribution in [1.29, 1.82) is 0 Å². The second-order valence-corrected chi connectivity index (χ2v) is 14.3. The predicted molar refractivity (Wildman–Crippen MR) is 147 cm³/mol. The van der Waals surface area contributed by atoms with Gasteiger partial charge in [0.1, 0.15) is 18.8 Å². The molecule has 2 aliphatic heterocycles. The van der Waals surface area contributed by atoms with Gasteiger partial charge in [-0.1, -0.05) is 13.8 Å². The second kappa shape index (κ2) is 10.6. The molecule has 6 rings (SSSR count). The van der Waals surface area contributed by atoms with Crippen molar-refractivity contribution in [3.05, 3.63) is 11.6 Å². The molecule has 0 aromatic carbocycles. The van der Waals surface area contributed by atoms with Crippen LogP contribution in [0.5, 0.6) is 0 Å². The fourth-order valence-electron chi connectivity index (χ4n) is 10.4. The molecule has 9 nitrogen and oxygen atoms in total. The van der Waals surface area contributed by atoms with Gasteiger partial charge in [-0.15, -0.1) is 0 Å². The molecule has 0 aromatic rings. The smallest absolute Gasteiger partial charge is 0.331 e. The highest BCUT2D eigenvalue weighted by Gasteiger charge is 2.71. The van der Waals surface area contributed by atoms with E-state index in [0.717, 1.165) is 50.5 Å². The molecule has 0 amide bonds. The Hall–Kier alpha value is -1.52. The Morgan fingerprint density at radius 1 is 1.07 bits per heavy atom. The molecule has 41 heavy (non-hydrogen) atoms. The van der Waals surface area contributed by atoms with E-state index in [1.165, 1.54) is 6.92 Å². The van der Waals surface area contributed by atoms with Crippen LogP contribution in [0.15, 0.2) is 11.6 Å². The molecule has 0 spiro atoms. The molecule has 0 aromatic heterocycles. The Bertz CT molecular complexity index is 1080. The molecule has 4 unspecified atom stereocenters. The Balaban J connectivity index is 1.19. The first-order chi connectivity index (χ1) is 19.4. The van der Waals surface area contributed by atoms with Crippen LogP contribution >= 0.6 is 0 Å². The number of hydrogen-bond donors (Lipinski definition) is 2. The quantitative estimate of drug-likeness (QED) is 0.373. The molecule has 0 bridgehead atoms. The van der Waals surface area contributed by atoms with Crippen LogP contribution in [0.4, 0.5) is 0 Å². The molecule has 6 aliphatic rings. The minimum atomic E-state index is -0.990. The molecule has 5 fully saturated rings. The van der Waals surface area contributed by atoms with Crippen molar-refractivity contribution < 1.29 is 43.5 Å². The third-order valence-electron chi connectivity index (χ3n) is 12.5. The van der Waals surface area contributed by atoms with Crippen molar-refractivity contribution in [3.63, 3.8) is 0 Å². The molecule has 1 saturated heterocycles. The van der Waals surface area contributed by atoms with E-state index in [9.17, 15) is 19.8 Å². The highest BCUT2D eigenvalue weighted by Crippen LogP contribution is 2.70. The number of esters is 2. The van der Waals surface area contributed by atoms with Gasteiger partial charge in [-0.25, -0.2) is 4.79 Å². The number of carbonyl (C=O) groups is 2. The van der Waals surface area contributed by atoms with Crippen LogP contribution in [0.1, 0.15) is 85.5 Å². The van der Waals surface area contributed by atoms with E-state index in [-0.39, 0.29) is 60.4 Å². The lowest BCUT2D eigenvalue weighted by atomic mass is 9.43. The zero-order valence-corrected chi connectivity index (χ0v) is 25.2. The second-order valence-electron chi connectivity index (χ2n) is 14.3. The minimum Gasteiger partial charge on any atom is -0.462 e. The van der Waals surface area contributed by atoms with Gasteiger partial charge in [0.05, 0.1) is 23.9 Å². The summed E-state index contributed by atoms with van der Waals surface area (Å²) >= 11 is 0. The summed E-state index contributed by atoms with van der Waals surface area (Å²) in [5, 5.41) is 23.0. The largest absolute Gasteiger partial charge is 0.462 e. The van der Waals surface area contributed by atoms with Crippen LogP contribution in [-0.2, 0) is 33.3 Å². The van der Waals surface area contributed by atoms with Crippen LogP contribution in [0.2, 0.25) is 0 Å². The van der Waals surface area contributed by atoms with E-state index < -0.39 is 23.2 Å². The number of rotatable bonds is 5. The molecular formula is C32H48O9. The number of cyclic esters (lactones) is 1. The third-order valence-corrected chi connectivity index (χ3v) is 12.5. The average Bonchev–Trinajstić information content (AvgIpc) is 3.42. The highest BCUT2D eigenvalue weighted by atomic mass is 16.7. The van der Waals surface area contributed by atoms with Crippen molar-refractivity contribution in [1.82, 2.24) is 0 Å². The molecule has 0 radical (unpaired) electrons. The third kappa shape index (κ3) is 4.69. The van der Waals surface area contributed by atoms with Gasteiger partial charge in [0.15, 0.2) is 6.29 Å². The van der Waals surface area contributed by atoms with E-state index >= 15 is 0 Å². The Kier molecular flexibility index (Phi) is 7.62. The fourth-order valence-corrected chi connectivity index (χ4v) is 10.4. The number of ether oxygens (including phenoxy) is 5. The van der Waals surface area contributed by atoms with Gasteiger partial charge < -0.3 is 33.9 Å². The first-order valence-corrected chi connectivity index (χ1v) is 15.7. The van der Waals surface area contributed by atoms with Crippen molar-refractivity contribution in [2.45, 2.75) is 128 Å². The maximum absolute atomic E-state index is 12.7. The molecule has 230 valence electrons. The molecule has 13 atom stereocenters. The first kappa shape index (κ1) is 29.5. The first-order valence-electron chi connectivity index (χ1n) is 15.7. The summed E-state index contributed by atoms with van der Waals surface area (Å²) in [4.78, 5) is 24.2. The standard InChI is InChI=1S/C32H48O9/c1-17-29(35)24(37-5)14-27(39-17)41-21-8-10-30(3)20(13-21)6-7-23-22(30)9-11-31(4)28(19-12-26(34)38-16-19)25(40-18(2)33)15-32(23,31)36/h12,17,20-25,27-29,35-36H,6-11,13-16H2,1-5H3/t17-,20?,21-,22-,23?,24-,25-,27-,28-,29-,30?,31?,32-/m0/s1. The maximum Gasteiger partial charge on any atom is 0.331 e. The topological polar surface area (TPSA) is 121 Å². The van der Waals surface area contributed by atoms with Crippen LogP contribution < -0.4 is 0 Å². The van der Waals surface area contributed by atoms with E-state index in [1.807, 2.05) is 6.92 Å². The van der Waals surface area contributed by atoms with Gasteiger partial charge in [-0.2, -0.15) is 0 Å². The molecule has 2 heterocycles. The summed E-state index contributed by atoms with van der Waals surface area (Å²) in [6.07, 6.45) is 7.14. The van der Waals surface area contributed by atoms with Crippen molar-refractivity contribution in [2.24, 2.45) is 34.5 Å². The Morgan fingerprint density at radius 2 is 1.85 bits per heavy atom. The van der Waals surface area contributed by atoms with Gasteiger partial charge in [0.2, 0.25) is 0 Å². The molecule has 4 saturated carbocycles. The SMILES string of the molecule is CO[C@H]1C[C@H](O[C@H]2CCC3(C)C(CCC4[C@@H]3CCC3(C)[C@@H](C5=CC(=O)OC5)[C@@H](OC(C)=O)C[C@]43O)C2)O[C@@H](C)[C@@H]1O. The van der Waals surface area contributed by atoms with Crippen LogP contribution in [0.3, 0.4) is 0 Å². The lowest BCUT2D eigenvalue weighted by molar-refractivity contribution is -0.273. The highest BCUT2D eigenvalue weighted by molar-refractivity contribution is 5.85. The summed E-state index contributed by atoms with van der Waals surface area (Å²) in [5.41, 5.74) is -0.559. The minimum absolute atomic E-state index is 0.0898. The summed E-state index contributed by atoms with van der Waals surface area (Å²) in [6.45, 7) is 8.06. The predicted octanol–water partition coefficient (Wildman–Crippen LogP) is 3.68. The maximum atomic E-state index is 12.7. The number of hydrogen-bond acceptors (Lipinski definition) is 9. The number of carbonyl (C=O) groups excluding carboxylic acids is 2.